The summed E-state index contributed by atoms with van der Waals surface area (Å²) in [5, 5.41) is 0. The minimum absolute atomic E-state index is 0.0704. The lowest BCUT2D eigenvalue weighted by Gasteiger charge is -2.21. The second-order valence-electron chi connectivity index (χ2n) is 6.41. The molecule has 2 aliphatic heterocycles. The van der Waals surface area contributed by atoms with E-state index in [9.17, 15) is 9.59 Å². The van der Waals surface area contributed by atoms with Crippen LogP contribution in [0.25, 0.3) is 0 Å². The van der Waals surface area contributed by atoms with Crippen molar-refractivity contribution in [1.29, 1.82) is 0 Å². The lowest BCUT2D eigenvalue weighted by Crippen LogP contribution is -2.33. The second kappa shape index (κ2) is 7.08. The van der Waals surface area contributed by atoms with Gasteiger partial charge in [0, 0.05) is 45.3 Å². The molecule has 3 rings (SSSR count). The first kappa shape index (κ1) is 15.9. The van der Waals surface area contributed by atoms with Crippen LogP contribution in [-0.4, -0.2) is 59.9 Å². The highest BCUT2D eigenvalue weighted by atomic mass is 16.5. The van der Waals surface area contributed by atoms with E-state index in [1.165, 1.54) is 7.11 Å². The Morgan fingerprint density at radius 3 is 2.52 bits per heavy atom. The summed E-state index contributed by atoms with van der Waals surface area (Å²) in [6, 6.07) is 6.00. The predicted octanol–water partition coefficient (Wildman–Crippen LogP) is 0.925. The molecule has 0 saturated carbocycles. The topological polar surface area (TPSA) is 62.7 Å². The molecule has 0 bridgehead atoms. The van der Waals surface area contributed by atoms with Crippen LogP contribution in [0.5, 0.6) is 0 Å². The number of carbonyl (C=O) groups is 2. The Labute approximate surface area is 136 Å². The van der Waals surface area contributed by atoms with Crippen LogP contribution in [0.1, 0.15) is 18.5 Å². The van der Waals surface area contributed by atoms with Gasteiger partial charge in [-0.2, -0.15) is 0 Å². The number of methoxy groups -OCH3 is 1. The molecule has 2 fully saturated rings. The standard InChI is InChI=1S/C17H23N3O3/c1-23-17(22)6-5-16(21)20-10-13-8-19(9-14(13)11-20)12-15-4-2-3-7-18-15/h2-4,7,13-14H,5-6,8-12H2,1H3/t13-,14-/m0/s1. The van der Waals surface area contributed by atoms with E-state index in [0.29, 0.717) is 11.8 Å². The smallest absolute Gasteiger partial charge is 0.306 e. The number of aromatic nitrogens is 1. The van der Waals surface area contributed by atoms with Gasteiger partial charge in [0.2, 0.25) is 5.91 Å². The van der Waals surface area contributed by atoms with Crippen molar-refractivity contribution in [2.24, 2.45) is 11.8 Å². The molecule has 2 aliphatic rings. The van der Waals surface area contributed by atoms with Crippen LogP contribution >= 0.6 is 0 Å². The van der Waals surface area contributed by atoms with E-state index in [0.717, 1.165) is 38.4 Å². The fourth-order valence-corrected chi connectivity index (χ4v) is 3.61. The molecule has 2 atom stereocenters. The fraction of sp³-hybridized carbons (Fsp3) is 0.588. The third kappa shape index (κ3) is 3.88. The number of esters is 1. The van der Waals surface area contributed by atoms with Gasteiger partial charge in [0.15, 0.2) is 0 Å². The number of likely N-dealkylation sites (tertiary alicyclic amines) is 2. The molecule has 0 unspecified atom stereocenters. The maximum Gasteiger partial charge on any atom is 0.306 e. The molecule has 1 aromatic heterocycles. The van der Waals surface area contributed by atoms with Gasteiger partial charge in [0.1, 0.15) is 0 Å². The van der Waals surface area contributed by atoms with Crippen LogP contribution in [0.2, 0.25) is 0 Å². The Morgan fingerprint density at radius 1 is 1.17 bits per heavy atom. The number of amides is 1. The van der Waals surface area contributed by atoms with Gasteiger partial charge in [-0.1, -0.05) is 6.07 Å². The van der Waals surface area contributed by atoms with Crippen molar-refractivity contribution in [3.63, 3.8) is 0 Å². The Morgan fingerprint density at radius 2 is 1.91 bits per heavy atom. The molecule has 124 valence electrons. The van der Waals surface area contributed by atoms with Crippen LogP contribution in [0.15, 0.2) is 24.4 Å². The van der Waals surface area contributed by atoms with Crippen molar-refractivity contribution in [3.05, 3.63) is 30.1 Å². The summed E-state index contributed by atoms with van der Waals surface area (Å²) in [5.41, 5.74) is 1.10. The minimum atomic E-state index is -0.320. The zero-order valence-electron chi connectivity index (χ0n) is 13.5. The summed E-state index contributed by atoms with van der Waals surface area (Å²) < 4.78 is 4.59. The van der Waals surface area contributed by atoms with E-state index < -0.39 is 0 Å². The van der Waals surface area contributed by atoms with Gasteiger partial charge in [-0.05, 0) is 24.0 Å². The molecule has 1 amide bonds. The zero-order valence-corrected chi connectivity index (χ0v) is 13.5. The summed E-state index contributed by atoms with van der Waals surface area (Å²) in [6.45, 7) is 4.53. The molecule has 23 heavy (non-hydrogen) atoms. The maximum atomic E-state index is 12.2. The van der Waals surface area contributed by atoms with Crippen LogP contribution in [0.3, 0.4) is 0 Å². The van der Waals surface area contributed by atoms with E-state index in [1.807, 2.05) is 23.2 Å². The fourth-order valence-electron chi connectivity index (χ4n) is 3.61. The van der Waals surface area contributed by atoms with E-state index in [4.69, 9.17) is 0 Å². The van der Waals surface area contributed by atoms with Crippen molar-refractivity contribution in [1.82, 2.24) is 14.8 Å². The first-order chi connectivity index (χ1) is 11.2. The first-order valence-electron chi connectivity index (χ1n) is 8.12. The lowest BCUT2D eigenvalue weighted by molar-refractivity contribution is -0.143. The van der Waals surface area contributed by atoms with Gasteiger partial charge in [-0.25, -0.2) is 0 Å². The molecule has 0 spiro atoms. The zero-order chi connectivity index (χ0) is 16.2. The van der Waals surface area contributed by atoms with Gasteiger partial charge in [-0.15, -0.1) is 0 Å². The van der Waals surface area contributed by atoms with Crippen LogP contribution in [-0.2, 0) is 20.9 Å². The Kier molecular flexibility index (Phi) is 4.91. The van der Waals surface area contributed by atoms with E-state index in [2.05, 4.69) is 20.7 Å². The number of carbonyl (C=O) groups excluding carboxylic acids is 2. The third-order valence-corrected chi connectivity index (χ3v) is 4.80. The maximum absolute atomic E-state index is 12.2. The van der Waals surface area contributed by atoms with E-state index in [1.54, 1.807) is 0 Å². The van der Waals surface area contributed by atoms with Gasteiger partial charge < -0.3 is 9.64 Å². The molecule has 3 heterocycles. The quantitative estimate of drug-likeness (QED) is 0.756. The van der Waals surface area contributed by atoms with E-state index >= 15 is 0 Å². The number of pyridine rings is 1. The highest BCUT2D eigenvalue weighted by Crippen LogP contribution is 2.32. The molecule has 1 aromatic rings. The number of ether oxygens (including phenoxy) is 1. The molecule has 0 N–H and O–H groups in total. The van der Waals surface area contributed by atoms with Crippen molar-refractivity contribution >= 4 is 11.9 Å². The lowest BCUT2D eigenvalue weighted by atomic mass is 10.0. The number of rotatable bonds is 5. The third-order valence-electron chi connectivity index (χ3n) is 4.80. The number of fused-ring (bicyclic) bond motifs is 1. The van der Waals surface area contributed by atoms with Crippen molar-refractivity contribution in [2.45, 2.75) is 19.4 Å². The highest BCUT2D eigenvalue weighted by Gasteiger charge is 2.41. The molecule has 0 aromatic carbocycles. The predicted molar refractivity (Wildman–Crippen MR) is 84.3 cm³/mol. The SMILES string of the molecule is COC(=O)CCC(=O)N1C[C@@H]2CN(Cc3ccccn3)C[C@H]2C1. The highest BCUT2D eigenvalue weighted by molar-refractivity contribution is 5.81. The van der Waals surface area contributed by atoms with Crippen LogP contribution in [0.4, 0.5) is 0 Å². The van der Waals surface area contributed by atoms with Crippen molar-refractivity contribution in [2.75, 3.05) is 33.3 Å². The van der Waals surface area contributed by atoms with Crippen LogP contribution in [0, 0.1) is 11.8 Å². The summed E-state index contributed by atoms with van der Waals surface area (Å²) >= 11 is 0. The van der Waals surface area contributed by atoms with Crippen molar-refractivity contribution < 1.29 is 14.3 Å². The Balaban J connectivity index is 1.46. The molecule has 6 heteroatoms. The summed E-state index contributed by atoms with van der Waals surface area (Å²) in [7, 11) is 1.35. The largest absolute Gasteiger partial charge is 0.469 e. The van der Waals surface area contributed by atoms with Gasteiger partial charge >= 0.3 is 5.97 Å². The van der Waals surface area contributed by atoms with Crippen LogP contribution < -0.4 is 0 Å². The van der Waals surface area contributed by atoms with Crippen molar-refractivity contribution in [3.8, 4) is 0 Å². The summed E-state index contributed by atoms with van der Waals surface area (Å²) in [5.74, 6) is 0.835. The molecule has 0 aliphatic carbocycles. The van der Waals surface area contributed by atoms with Gasteiger partial charge in [-0.3, -0.25) is 19.5 Å². The molecular weight excluding hydrogens is 294 g/mol. The van der Waals surface area contributed by atoms with Gasteiger partial charge in [0.05, 0.1) is 19.2 Å². The minimum Gasteiger partial charge on any atom is -0.469 e. The summed E-state index contributed by atoms with van der Waals surface area (Å²) in [6.07, 6.45) is 2.25. The number of hydrogen-bond donors (Lipinski definition) is 0. The monoisotopic (exact) mass is 317 g/mol. The van der Waals surface area contributed by atoms with Gasteiger partial charge in [0.25, 0.3) is 0 Å². The second-order valence-corrected chi connectivity index (χ2v) is 6.41. The Bertz CT molecular complexity index is 549. The average Bonchev–Trinajstić information content (AvgIpc) is 3.11. The Hall–Kier alpha value is -1.95. The number of nitrogens with zero attached hydrogens (tertiary/aromatic N) is 3. The normalized spacial score (nSPS) is 23.8. The average molecular weight is 317 g/mol. The number of hydrogen-bond acceptors (Lipinski definition) is 5. The van der Waals surface area contributed by atoms with E-state index in [-0.39, 0.29) is 24.7 Å². The molecule has 0 radical (unpaired) electrons. The molecule has 6 nitrogen and oxygen atoms in total. The molecule has 2 saturated heterocycles. The first-order valence-corrected chi connectivity index (χ1v) is 8.12. The molecular formula is C17H23N3O3. The summed E-state index contributed by atoms with van der Waals surface area (Å²) in [4.78, 5) is 32.0.